The molecule has 5 heteroatoms. The van der Waals surface area contributed by atoms with Gasteiger partial charge in [-0.1, -0.05) is 30.3 Å². The quantitative estimate of drug-likeness (QED) is 0.713. The highest BCUT2D eigenvalue weighted by molar-refractivity contribution is 5.69. The van der Waals surface area contributed by atoms with Gasteiger partial charge in [-0.05, 0) is 12.5 Å². The number of aromatic nitrogens is 4. The molecule has 2 heterocycles. The van der Waals surface area contributed by atoms with E-state index in [2.05, 4.69) is 19.9 Å². The van der Waals surface area contributed by atoms with E-state index in [0.717, 1.165) is 11.4 Å². The Morgan fingerprint density at radius 3 is 2.67 bits per heavy atom. The van der Waals surface area contributed by atoms with Gasteiger partial charge in [0.05, 0.1) is 0 Å². The molecule has 1 aromatic carbocycles. The molecule has 0 bridgehead atoms. The van der Waals surface area contributed by atoms with Crippen molar-refractivity contribution < 1.29 is 0 Å². The van der Waals surface area contributed by atoms with Gasteiger partial charge in [0, 0.05) is 6.42 Å². The van der Waals surface area contributed by atoms with Crippen LogP contribution in [0.5, 0.6) is 0 Å². The minimum Gasteiger partial charge on any atom is -0.336 e. The van der Waals surface area contributed by atoms with E-state index in [9.17, 15) is 4.79 Å². The predicted molar refractivity (Wildman–Crippen MR) is 68.5 cm³/mol. The third-order valence-corrected chi connectivity index (χ3v) is 2.74. The molecule has 0 amide bonds. The second-order valence-electron chi connectivity index (χ2n) is 4.20. The molecule has 0 aliphatic carbocycles. The van der Waals surface area contributed by atoms with Crippen LogP contribution in [0.2, 0.25) is 0 Å². The van der Waals surface area contributed by atoms with E-state index in [1.54, 1.807) is 6.92 Å². The molecule has 3 rings (SSSR count). The lowest BCUT2D eigenvalue weighted by Gasteiger charge is -1.95. The number of nitrogens with one attached hydrogen (secondary N) is 2. The first kappa shape index (κ1) is 10.7. The Kier molecular flexibility index (Phi) is 2.44. The van der Waals surface area contributed by atoms with E-state index in [4.69, 9.17) is 0 Å². The molecule has 0 aliphatic heterocycles. The van der Waals surface area contributed by atoms with E-state index in [-0.39, 0.29) is 5.56 Å². The Morgan fingerprint density at radius 1 is 1.11 bits per heavy atom. The van der Waals surface area contributed by atoms with Crippen molar-refractivity contribution >= 4 is 11.2 Å². The van der Waals surface area contributed by atoms with Crippen molar-refractivity contribution in [1.82, 2.24) is 19.9 Å². The van der Waals surface area contributed by atoms with E-state index in [1.807, 2.05) is 30.3 Å². The molecular formula is C13H12N4O. The van der Waals surface area contributed by atoms with Gasteiger partial charge in [0.2, 0.25) is 0 Å². The molecule has 0 aliphatic rings. The Hall–Kier alpha value is -2.43. The average Bonchev–Trinajstić information content (AvgIpc) is 2.73. The van der Waals surface area contributed by atoms with Crippen molar-refractivity contribution in [2.24, 2.45) is 0 Å². The summed E-state index contributed by atoms with van der Waals surface area (Å²) in [6.45, 7) is 1.74. The highest BCUT2D eigenvalue weighted by atomic mass is 16.1. The highest BCUT2D eigenvalue weighted by Crippen LogP contribution is 2.09. The van der Waals surface area contributed by atoms with Crippen molar-refractivity contribution in [1.29, 1.82) is 0 Å². The number of H-pyrrole nitrogens is 2. The fraction of sp³-hybridized carbons (Fsp3) is 0.154. The summed E-state index contributed by atoms with van der Waals surface area (Å²) in [6, 6.07) is 9.98. The van der Waals surface area contributed by atoms with Gasteiger partial charge in [-0.2, -0.15) is 0 Å². The Labute approximate surface area is 103 Å². The van der Waals surface area contributed by atoms with Crippen LogP contribution in [0.15, 0.2) is 35.1 Å². The van der Waals surface area contributed by atoms with Crippen LogP contribution in [0, 0.1) is 6.92 Å². The van der Waals surface area contributed by atoms with Crippen LogP contribution < -0.4 is 5.56 Å². The molecule has 5 nitrogen and oxygen atoms in total. The van der Waals surface area contributed by atoms with Gasteiger partial charge < -0.3 is 9.97 Å². The molecule has 2 aromatic heterocycles. The average molecular weight is 240 g/mol. The SMILES string of the molecule is Cc1nc2nc(Cc3ccccc3)[nH]c2c(=O)[nH]1. The van der Waals surface area contributed by atoms with Crippen LogP contribution in [0.1, 0.15) is 17.2 Å². The number of aryl methyl sites for hydroxylation is 1. The number of benzene rings is 1. The van der Waals surface area contributed by atoms with Gasteiger partial charge >= 0.3 is 0 Å². The molecule has 18 heavy (non-hydrogen) atoms. The first-order valence-corrected chi connectivity index (χ1v) is 5.72. The number of rotatable bonds is 2. The van der Waals surface area contributed by atoms with Crippen molar-refractivity contribution in [3.63, 3.8) is 0 Å². The molecular weight excluding hydrogens is 228 g/mol. The van der Waals surface area contributed by atoms with Gasteiger partial charge in [0.15, 0.2) is 11.2 Å². The number of fused-ring (bicyclic) bond motifs is 1. The third kappa shape index (κ3) is 1.90. The summed E-state index contributed by atoms with van der Waals surface area (Å²) in [6.07, 6.45) is 0.662. The predicted octanol–water partition coefficient (Wildman–Crippen LogP) is 1.55. The Balaban J connectivity index is 2.04. The van der Waals surface area contributed by atoms with Crippen molar-refractivity contribution in [2.75, 3.05) is 0 Å². The fourth-order valence-corrected chi connectivity index (χ4v) is 1.94. The van der Waals surface area contributed by atoms with Crippen LogP contribution >= 0.6 is 0 Å². The lowest BCUT2D eigenvalue weighted by atomic mass is 10.1. The molecule has 2 N–H and O–H groups in total. The molecule has 0 radical (unpaired) electrons. The first-order chi connectivity index (χ1) is 8.72. The molecule has 0 atom stereocenters. The van der Waals surface area contributed by atoms with Gasteiger partial charge in [0.25, 0.3) is 5.56 Å². The van der Waals surface area contributed by atoms with Gasteiger partial charge in [-0.3, -0.25) is 4.79 Å². The number of imidazole rings is 1. The normalized spacial score (nSPS) is 10.9. The van der Waals surface area contributed by atoms with Crippen molar-refractivity contribution in [3.05, 3.63) is 57.9 Å². The molecule has 0 saturated heterocycles. The minimum atomic E-state index is -0.177. The smallest absolute Gasteiger partial charge is 0.276 e. The lowest BCUT2D eigenvalue weighted by Crippen LogP contribution is -2.09. The van der Waals surface area contributed by atoms with Gasteiger partial charge in [-0.25, -0.2) is 9.97 Å². The zero-order valence-electron chi connectivity index (χ0n) is 9.90. The molecule has 0 unspecified atom stereocenters. The third-order valence-electron chi connectivity index (χ3n) is 2.74. The summed E-state index contributed by atoms with van der Waals surface area (Å²) in [7, 11) is 0. The lowest BCUT2D eigenvalue weighted by molar-refractivity contribution is 1.03. The number of hydrogen-bond donors (Lipinski definition) is 2. The summed E-state index contributed by atoms with van der Waals surface area (Å²) in [5, 5.41) is 0. The number of aromatic amines is 2. The standard InChI is InChI=1S/C13H12N4O/c1-8-14-12-11(13(18)15-8)16-10(17-12)7-9-5-3-2-4-6-9/h2-6H,7H2,1H3,(H2,14,15,16,17,18). The summed E-state index contributed by atoms with van der Waals surface area (Å²) in [5.41, 5.74) is 1.88. The zero-order chi connectivity index (χ0) is 12.5. The number of nitrogens with zero attached hydrogens (tertiary/aromatic N) is 2. The van der Waals surface area contributed by atoms with E-state index >= 15 is 0 Å². The van der Waals surface area contributed by atoms with Crippen LogP contribution in [-0.2, 0) is 6.42 Å². The van der Waals surface area contributed by atoms with Crippen molar-refractivity contribution in [3.8, 4) is 0 Å². The van der Waals surface area contributed by atoms with Crippen molar-refractivity contribution in [2.45, 2.75) is 13.3 Å². The summed E-state index contributed by atoms with van der Waals surface area (Å²) >= 11 is 0. The maximum Gasteiger partial charge on any atom is 0.276 e. The molecule has 3 aromatic rings. The largest absolute Gasteiger partial charge is 0.336 e. The van der Waals surface area contributed by atoms with Gasteiger partial charge in [0.1, 0.15) is 11.6 Å². The maximum atomic E-state index is 11.7. The summed E-state index contributed by atoms with van der Waals surface area (Å²) in [4.78, 5) is 25.9. The highest BCUT2D eigenvalue weighted by Gasteiger charge is 2.08. The Bertz CT molecular complexity index is 743. The molecule has 0 fully saturated rings. The van der Waals surface area contributed by atoms with Crippen LogP contribution in [0.3, 0.4) is 0 Å². The first-order valence-electron chi connectivity index (χ1n) is 5.72. The molecule has 0 spiro atoms. The minimum absolute atomic E-state index is 0.177. The second kappa shape index (κ2) is 4.10. The fourth-order valence-electron chi connectivity index (χ4n) is 1.94. The molecule has 0 saturated carbocycles. The van der Waals surface area contributed by atoms with E-state index in [1.165, 1.54) is 0 Å². The van der Waals surface area contributed by atoms with Crippen LogP contribution in [-0.4, -0.2) is 19.9 Å². The topological polar surface area (TPSA) is 74.4 Å². The van der Waals surface area contributed by atoms with E-state index in [0.29, 0.717) is 23.4 Å². The van der Waals surface area contributed by atoms with Gasteiger partial charge in [-0.15, -0.1) is 0 Å². The maximum absolute atomic E-state index is 11.7. The zero-order valence-corrected chi connectivity index (χ0v) is 9.90. The summed E-state index contributed by atoms with van der Waals surface area (Å²) in [5.74, 6) is 1.32. The number of hydrogen-bond acceptors (Lipinski definition) is 3. The van der Waals surface area contributed by atoms with Crippen LogP contribution in [0.4, 0.5) is 0 Å². The van der Waals surface area contributed by atoms with Crippen LogP contribution in [0.25, 0.3) is 11.2 Å². The van der Waals surface area contributed by atoms with E-state index < -0.39 is 0 Å². The summed E-state index contributed by atoms with van der Waals surface area (Å²) < 4.78 is 0. The molecule has 90 valence electrons. The monoisotopic (exact) mass is 240 g/mol. The second-order valence-corrected chi connectivity index (χ2v) is 4.20. The Morgan fingerprint density at radius 2 is 1.89 bits per heavy atom.